The fraction of sp³-hybridized carbons (Fsp3) is 0.167. The summed E-state index contributed by atoms with van der Waals surface area (Å²) in [5, 5.41) is 6.59. The highest BCUT2D eigenvalue weighted by molar-refractivity contribution is 5.92. The molecule has 0 aliphatic heterocycles. The lowest BCUT2D eigenvalue weighted by Gasteiger charge is -2.08. The zero-order valence-electron chi connectivity index (χ0n) is 13.5. The maximum Gasteiger partial charge on any atom is 0.227 e. The van der Waals surface area contributed by atoms with E-state index in [1.165, 1.54) is 19.2 Å². The molecule has 0 aliphatic carbocycles. The van der Waals surface area contributed by atoms with Gasteiger partial charge in [-0.3, -0.25) is 4.79 Å². The number of para-hydroxylation sites is 2. The third-order valence-corrected chi connectivity index (χ3v) is 3.50. The number of aryl methyl sites for hydroxylation is 1. The SMILES string of the molecule is COc1ccccc1NC(=O)CCc1nc(-c2cccc(F)c2)no1. The van der Waals surface area contributed by atoms with Gasteiger partial charge in [0.1, 0.15) is 11.6 Å². The van der Waals surface area contributed by atoms with Crippen molar-refractivity contribution in [2.45, 2.75) is 12.8 Å². The third kappa shape index (κ3) is 4.20. The molecule has 0 fully saturated rings. The molecule has 1 amide bonds. The summed E-state index contributed by atoms with van der Waals surface area (Å²) in [5.41, 5.74) is 1.12. The molecule has 1 N–H and O–H groups in total. The van der Waals surface area contributed by atoms with Crippen molar-refractivity contribution in [2.75, 3.05) is 12.4 Å². The Hall–Kier alpha value is -3.22. The molecular formula is C18H16FN3O3. The Balaban J connectivity index is 1.59. The number of aromatic nitrogens is 2. The molecule has 7 heteroatoms. The highest BCUT2D eigenvalue weighted by atomic mass is 19.1. The summed E-state index contributed by atoms with van der Waals surface area (Å²) in [7, 11) is 1.54. The van der Waals surface area contributed by atoms with Crippen LogP contribution in [-0.2, 0) is 11.2 Å². The van der Waals surface area contributed by atoms with Crippen LogP contribution in [0.1, 0.15) is 12.3 Å². The standard InChI is InChI=1S/C18H16FN3O3/c1-24-15-8-3-2-7-14(15)20-16(23)9-10-17-21-18(22-25-17)12-5-4-6-13(19)11-12/h2-8,11H,9-10H2,1H3,(H,20,23). The van der Waals surface area contributed by atoms with E-state index in [9.17, 15) is 9.18 Å². The van der Waals surface area contributed by atoms with Crippen LogP contribution in [-0.4, -0.2) is 23.2 Å². The Morgan fingerprint density at radius 2 is 2.08 bits per heavy atom. The Labute approximate surface area is 143 Å². The van der Waals surface area contributed by atoms with Crippen LogP contribution in [0.2, 0.25) is 0 Å². The Bertz CT molecular complexity index is 879. The average molecular weight is 341 g/mol. The van der Waals surface area contributed by atoms with Gasteiger partial charge >= 0.3 is 0 Å². The molecule has 1 aromatic heterocycles. The number of carbonyl (C=O) groups is 1. The van der Waals surface area contributed by atoms with E-state index in [0.717, 1.165) is 0 Å². The van der Waals surface area contributed by atoms with Crippen molar-refractivity contribution >= 4 is 11.6 Å². The summed E-state index contributed by atoms with van der Waals surface area (Å²) in [6.45, 7) is 0. The Morgan fingerprint density at radius 1 is 1.24 bits per heavy atom. The zero-order chi connectivity index (χ0) is 17.6. The molecule has 25 heavy (non-hydrogen) atoms. The van der Waals surface area contributed by atoms with E-state index in [4.69, 9.17) is 9.26 Å². The molecule has 0 bridgehead atoms. The van der Waals surface area contributed by atoms with Gasteiger partial charge in [0.05, 0.1) is 12.8 Å². The van der Waals surface area contributed by atoms with Crippen LogP contribution in [0.5, 0.6) is 5.75 Å². The molecule has 2 aromatic carbocycles. The first-order chi connectivity index (χ1) is 12.2. The number of nitrogens with zero attached hydrogens (tertiary/aromatic N) is 2. The Kier molecular flexibility index (Phi) is 5.03. The number of halogens is 1. The van der Waals surface area contributed by atoms with Crippen molar-refractivity contribution in [3.05, 3.63) is 60.2 Å². The van der Waals surface area contributed by atoms with Gasteiger partial charge < -0.3 is 14.6 Å². The molecule has 6 nitrogen and oxygen atoms in total. The lowest BCUT2D eigenvalue weighted by Crippen LogP contribution is -2.13. The quantitative estimate of drug-likeness (QED) is 0.743. The minimum absolute atomic E-state index is 0.169. The van der Waals surface area contributed by atoms with Gasteiger partial charge in [0.15, 0.2) is 0 Å². The first-order valence-electron chi connectivity index (χ1n) is 7.67. The molecule has 1 heterocycles. The maximum absolute atomic E-state index is 13.2. The predicted octanol–water partition coefficient (Wildman–Crippen LogP) is 3.46. The molecular weight excluding hydrogens is 325 g/mol. The second kappa shape index (κ2) is 7.57. The van der Waals surface area contributed by atoms with Crippen molar-refractivity contribution in [1.29, 1.82) is 0 Å². The van der Waals surface area contributed by atoms with Crippen LogP contribution in [0.4, 0.5) is 10.1 Å². The zero-order valence-corrected chi connectivity index (χ0v) is 13.5. The summed E-state index contributed by atoms with van der Waals surface area (Å²) >= 11 is 0. The van der Waals surface area contributed by atoms with Crippen molar-refractivity contribution in [3.8, 4) is 17.1 Å². The van der Waals surface area contributed by atoms with Crippen LogP contribution >= 0.6 is 0 Å². The fourth-order valence-electron chi connectivity index (χ4n) is 2.28. The second-order valence-corrected chi connectivity index (χ2v) is 5.27. The molecule has 0 aliphatic rings. The number of ether oxygens (including phenoxy) is 1. The second-order valence-electron chi connectivity index (χ2n) is 5.27. The largest absolute Gasteiger partial charge is 0.495 e. The van der Waals surface area contributed by atoms with Gasteiger partial charge in [0.2, 0.25) is 17.6 Å². The number of nitrogens with one attached hydrogen (secondary N) is 1. The van der Waals surface area contributed by atoms with E-state index in [2.05, 4.69) is 15.5 Å². The van der Waals surface area contributed by atoms with Crippen LogP contribution in [0.15, 0.2) is 53.1 Å². The highest BCUT2D eigenvalue weighted by Gasteiger charge is 2.12. The molecule has 128 valence electrons. The minimum atomic E-state index is -0.375. The molecule has 0 saturated heterocycles. The number of carbonyl (C=O) groups excluding carboxylic acids is 1. The topological polar surface area (TPSA) is 77.2 Å². The average Bonchev–Trinajstić information content (AvgIpc) is 3.09. The monoisotopic (exact) mass is 341 g/mol. The van der Waals surface area contributed by atoms with E-state index in [-0.39, 0.29) is 24.6 Å². The molecule has 0 spiro atoms. The number of rotatable bonds is 6. The first-order valence-corrected chi connectivity index (χ1v) is 7.67. The fourth-order valence-corrected chi connectivity index (χ4v) is 2.28. The molecule has 0 unspecified atom stereocenters. The summed E-state index contributed by atoms with van der Waals surface area (Å²) in [4.78, 5) is 16.3. The van der Waals surface area contributed by atoms with Crippen molar-refractivity contribution in [3.63, 3.8) is 0 Å². The Morgan fingerprint density at radius 3 is 2.88 bits per heavy atom. The van der Waals surface area contributed by atoms with Gasteiger partial charge in [-0.25, -0.2) is 4.39 Å². The van der Waals surface area contributed by atoms with Crippen molar-refractivity contribution in [2.24, 2.45) is 0 Å². The minimum Gasteiger partial charge on any atom is -0.495 e. The van der Waals surface area contributed by atoms with Crippen molar-refractivity contribution < 1.29 is 18.4 Å². The first kappa shape index (κ1) is 16.6. The highest BCUT2D eigenvalue weighted by Crippen LogP contribution is 2.23. The predicted molar refractivity (Wildman–Crippen MR) is 89.6 cm³/mol. The maximum atomic E-state index is 13.2. The summed E-state index contributed by atoms with van der Waals surface area (Å²) in [6.07, 6.45) is 0.451. The smallest absolute Gasteiger partial charge is 0.227 e. The lowest BCUT2D eigenvalue weighted by molar-refractivity contribution is -0.116. The lowest BCUT2D eigenvalue weighted by atomic mass is 10.2. The molecule has 0 saturated carbocycles. The number of amides is 1. The van der Waals surface area contributed by atoms with Crippen LogP contribution < -0.4 is 10.1 Å². The summed E-state index contributed by atoms with van der Waals surface area (Å²) < 4.78 is 23.5. The third-order valence-electron chi connectivity index (χ3n) is 3.50. The number of benzene rings is 2. The summed E-state index contributed by atoms with van der Waals surface area (Å²) in [6, 6.07) is 13.1. The van der Waals surface area contributed by atoms with Gasteiger partial charge in [-0.1, -0.05) is 29.4 Å². The van der Waals surface area contributed by atoms with Gasteiger partial charge in [-0.15, -0.1) is 0 Å². The number of hydrogen-bond acceptors (Lipinski definition) is 5. The van der Waals surface area contributed by atoms with E-state index in [1.54, 1.807) is 30.3 Å². The summed E-state index contributed by atoms with van der Waals surface area (Å²) in [5.74, 6) is 0.617. The van der Waals surface area contributed by atoms with E-state index < -0.39 is 0 Å². The van der Waals surface area contributed by atoms with E-state index in [1.807, 2.05) is 6.07 Å². The van der Waals surface area contributed by atoms with Crippen LogP contribution in [0, 0.1) is 5.82 Å². The molecule has 0 radical (unpaired) electrons. The molecule has 0 atom stereocenters. The van der Waals surface area contributed by atoms with E-state index >= 15 is 0 Å². The van der Waals surface area contributed by atoms with Crippen LogP contribution in [0.25, 0.3) is 11.4 Å². The van der Waals surface area contributed by atoms with Gasteiger partial charge in [0, 0.05) is 18.4 Å². The number of hydrogen-bond donors (Lipinski definition) is 1. The van der Waals surface area contributed by atoms with Gasteiger partial charge in [0.25, 0.3) is 0 Å². The number of methoxy groups -OCH3 is 1. The molecule has 3 rings (SSSR count). The van der Waals surface area contributed by atoms with Gasteiger partial charge in [-0.2, -0.15) is 4.98 Å². The van der Waals surface area contributed by atoms with E-state index in [0.29, 0.717) is 28.7 Å². The van der Waals surface area contributed by atoms with Crippen LogP contribution in [0.3, 0.4) is 0 Å². The molecule has 3 aromatic rings. The normalized spacial score (nSPS) is 10.5. The number of anilines is 1. The van der Waals surface area contributed by atoms with Gasteiger partial charge in [-0.05, 0) is 24.3 Å². The van der Waals surface area contributed by atoms with Crippen molar-refractivity contribution in [1.82, 2.24) is 10.1 Å².